The minimum absolute atomic E-state index is 0.00910. The number of anilines is 2. The fourth-order valence-electron chi connectivity index (χ4n) is 3.04. The van der Waals surface area contributed by atoms with Crippen LogP contribution in [0.2, 0.25) is 5.02 Å². The molecule has 1 aromatic carbocycles. The number of likely N-dealkylation sites (N-methyl/N-ethyl adjacent to an activating group) is 1. The Morgan fingerprint density at radius 1 is 1.23 bits per heavy atom. The molecule has 30 heavy (non-hydrogen) atoms. The van der Waals surface area contributed by atoms with Gasteiger partial charge < -0.3 is 19.8 Å². The minimum atomic E-state index is -1.13. The van der Waals surface area contributed by atoms with Crippen LogP contribution in [0.4, 0.5) is 11.5 Å². The molecule has 0 aliphatic carbocycles. The Labute approximate surface area is 178 Å². The molecule has 3 rings (SSSR count). The number of aromatic carboxylic acids is 1. The number of nitrogens with one attached hydrogen (secondary N) is 1. The van der Waals surface area contributed by atoms with Gasteiger partial charge in [0.05, 0.1) is 17.6 Å². The quantitative estimate of drug-likeness (QED) is 0.586. The molecule has 0 aliphatic rings. The number of benzene rings is 1. The highest BCUT2D eigenvalue weighted by atomic mass is 35.5. The number of rotatable bonds is 7. The van der Waals surface area contributed by atoms with Gasteiger partial charge in [0.2, 0.25) is 0 Å². The van der Waals surface area contributed by atoms with E-state index in [1.165, 1.54) is 12.3 Å². The molecule has 8 nitrogen and oxygen atoms in total. The summed E-state index contributed by atoms with van der Waals surface area (Å²) in [5.41, 5.74) is 2.48. The molecule has 2 N–H and O–H groups in total. The van der Waals surface area contributed by atoms with Crippen LogP contribution in [0.1, 0.15) is 37.7 Å². The van der Waals surface area contributed by atoms with Crippen LogP contribution in [0.15, 0.2) is 41.1 Å². The molecule has 2 aromatic heterocycles. The van der Waals surface area contributed by atoms with Gasteiger partial charge in [-0.05, 0) is 50.6 Å². The second-order valence-corrected chi connectivity index (χ2v) is 7.27. The summed E-state index contributed by atoms with van der Waals surface area (Å²) in [7, 11) is 1.76. The van der Waals surface area contributed by atoms with Crippen LogP contribution in [-0.4, -0.2) is 40.7 Å². The first-order valence-corrected chi connectivity index (χ1v) is 9.57. The highest BCUT2D eigenvalue weighted by Crippen LogP contribution is 2.22. The van der Waals surface area contributed by atoms with Crippen LogP contribution in [0.25, 0.3) is 0 Å². The number of carbonyl (C=O) groups excluding carboxylic acids is 1. The Morgan fingerprint density at radius 3 is 2.53 bits per heavy atom. The maximum Gasteiger partial charge on any atom is 0.339 e. The highest BCUT2D eigenvalue weighted by Gasteiger charge is 2.18. The van der Waals surface area contributed by atoms with Crippen LogP contribution >= 0.6 is 11.6 Å². The third-order valence-corrected chi connectivity index (χ3v) is 4.95. The molecule has 0 bridgehead atoms. The smallest absolute Gasteiger partial charge is 0.339 e. The highest BCUT2D eigenvalue weighted by molar-refractivity contribution is 6.30. The van der Waals surface area contributed by atoms with Gasteiger partial charge in [-0.3, -0.25) is 4.79 Å². The molecule has 3 aromatic rings. The van der Waals surface area contributed by atoms with E-state index >= 15 is 0 Å². The first-order valence-electron chi connectivity index (χ1n) is 9.19. The normalized spacial score (nSPS) is 10.7. The number of halogens is 1. The van der Waals surface area contributed by atoms with Crippen LogP contribution in [0, 0.1) is 13.8 Å². The SMILES string of the molecule is Cc1noc(C)c1CCN(C)c1ncc(NC(=O)c2ccc(Cl)cc2)cc1C(=O)O. The van der Waals surface area contributed by atoms with E-state index in [1.54, 1.807) is 36.2 Å². The lowest BCUT2D eigenvalue weighted by Crippen LogP contribution is -2.24. The average molecular weight is 429 g/mol. The summed E-state index contributed by atoms with van der Waals surface area (Å²) in [5.74, 6) is -0.472. The third kappa shape index (κ3) is 4.77. The summed E-state index contributed by atoms with van der Waals surface area (Å²) >= 11 is 5.83. The number of aromatic nitrogens is 2. The molecule has 0 saturated heterocycles. The molecule has 1 amide bonds. The first-order chi connectivity index (χ1) is 14.3. The molecule has 0 atom stereocenters. The number of nitrogens with zero attached hydrogens (tertiary/aromatic N) is 3. The maximum absolute atomic E-state index is 12.4. The monoisotopic (exact) mass is 428 g/mol. The maximum atomic E-state index is 12.4. The number of carboxylic acids is 1. The summed E-state index contributed by atoms with van der Waals surface area (Å²) in [4.78, 5) is 30.2. The molecule has 0 aliphatic heterocycles. The molecular formula is C21H21ClN4O4. The van der Waals surface area contributed by atoms with Gasteiger partial charge in [0.25, 0.3) is 5.91 Å². The van der Waals surface area contributed by atoms with Crippen LogP contribution in [0.5, 0.6) is 0 Å². The van der Waals surface area contributed by atoms with Crippen molar-refractivity contribution in [3.8, 4) is 0 Å². The predicted octanol–water partition coefficient (Wildman–Crippen LogP) is 3.97. The van der Waals surface area contributed by atoms with Gasteiger partial charge in [-0.1, -0.05) is 16.8 Å². The Kier molecular flexibility index (Phi) is 6.37. The third-order valence-electron chi connectivity index (χ3n) is 4.70. The summed E-state index contributed by atoms with van der Waals surface area (Å²) in [6.45, 7) is 4.23. The zero-order valence-corrected chi connectivity index (χ0v) is 17.5. The molecule has 0 unspecified atom stereocenters. The van der Waals surface area contributed by atoms with E-state index in [4.69, 9.17) is 16.1 Å². The summed E-state index contributed by atoms with van der Waals surface area (Å²) in [5, 5.41) is 16.8. The number of carboxylic acid groups (broad SMARTS) is 1. The van der Waals surface area contributed by atoms with E-state index < -0.39 is 5.97 Å². The van der Waals surface area contributed by atoms with Crippen molar-refractivity contribution in [1.82, 2.24) is 10.1 Å². The minimum Gasteiger partial charge on any atom is -0.478 e. The van der Waals surface area contributed by atoms with Crippen molar-refractivity contribution < 1.29 is 19.2 Å². The van der Waals surface area contributed by atoms with Crippen LogP contribution in [0.3, 0.4) is 0 Å². The average Bonchev–Trinajstić information content (AvgIpc) is 3.04. The van der Waals surface area contributed by atoms with E-state index in [2.05, 4.69) is 15.5 Å². The molecule has 0 spiro atoms. The summed E-state index contributed by atoms with van der Waals surface area (Å²) in [6.07, 6.45) is 2.06. The van der Waals surface area contributed by atoms with Crippen molar-refractivity contribution in [2.75, 3.05) is 23.8 Å². The fraction of sp³-hybridized carbons (Fsp3) is 0.238. The lowest BCUT2D eigenvalue weighted by molar-refractivity contribution is 0.0696. The second kappa shape index (κ2) is 8.96. The Balaban J connectivity index is 1.76. The summed E-state index contributed by atoms with van der Waals surface area (Å²) in [6, 6.07) is 7.77. The molecule has 0 saturated carbocycles. The van der Waals surface area contributed by atoms with Gasteiger partial charge in [-0.25, -0.2) is 9.78 Å². The second-order valence-electron chi connectivity index (χ2n) is 6.84. The van der Waals surface area contributed by atoms with Crippen molar-refractivity contribution in [3.05, 3.63) is 69.7 Å². The number of hydrogen-bond donors (Lipinski definition) is 2. The molecular weight excluding hydrogens is 408 g/mol. The van der Waals surface area contributed by atoms with E-state index in [0.29, 0.717) is 29.4 Å². The Morgan fingerprint density at radius 2 is 1.93 bits per heavy atom. The van der Waals surface area contributed by atoms with Crippen molar-refractivity contribution in [2.45, 2.75) is 20.3 Å². The van der Waals surface area contributed by atoms with E-state index in [-0.39, 0.29) is 17.2 Å². The van der Waals surface area contributed by atoms with Crippen LogP contribution < -0.4 is 10.2 Å². The van der Waals surface area contributed by atoms with E-state index in [0.717, 1.165) is 17.0 Å². The van der Waals surface area contributed by atoms with Crippen LogP contribution in [-0.2, 0) is 6.42 Å². The standard InChI is InChI=1S/C21H21ClN4O4/c1-12-17(13(2)30-25-12)8-9-26(3)19-18(21(28)29)10-16(11-23-19)24-20(27)14-4-6-15(22)7-5-14/h4-7,10-11H,8-9H2,1-3H3,(H,24,27)(H,28,29). The van der Waals surface area contributed by atoms with Gasteiger partial charge in [-0.15, -0.1) is 0 Å². The zero-order chi connectivity index (χ0) is 21.8. The van der Waals surface area contributed by atoms with Gasteiger partial charge in [0.15, 0.2) is 0 Å². The van der Waals surface area contributed by atoms with Gasteiger partial charge >= 0.3 is 5.97 Å². The fourth-order valence-corrected chi connectivity index (χ4v) is 3.16. The molecule has 156 valence electrons. The van der Waals surface area contributed by atoms with Gasteiger partial charge in [0.1, 0.15) is 17.1 Å². The van der Waals surface area contributed by atoms with Crippen molar-refractivity contribution >= 4 is 35.0 Å². The lowest BCUT2D eigenvalue weighted by Gasteiger charge is -2.20. The molecule has 2 heterocycles. The Bertz CT molecular complexity index is 1060. The van der Waals surface area contributed by atoms with Crippen molar-refractivity contribution in [2.24, 2.45) is 0 Å². The largest absolute Gasteiger partial charge is 0.478 e. The topological polar surface area (TPSA) is 109 Å². The van der Waals surface area contributed by atoms with E-state index in [9.17, 15) is 14.7 Å². The number of hydrogen-bond acceptors (Lipinski definition) is 6. The van der Waals surface area contributed by atoms with E-state index in [1.807, 2.05) is 13.8 Å². The molecule has 0 radical (unpaired) electrons. The van der Waals surface area contributed by atoms with Gasteiger partial charge in [0, 0.05) is 29.7 Å². The number of amides is 1. The van der Waals surface area contributed by atoms with Gasteiger partial charge in [-0.2, -0.15) is 0 Å². The molecule has 9 heteroatoms. The zero-order valence-electron chi connectivity index (χ0n) is 16.8. The Hall–Kier alpha value is -3.39. The number of aryl methyl sites for hydroxylation is 2. The molecule has 0 fully saturated rings. The first kappa shape index (κ1) is 21.3. The summed E-state index contributed by atoms with van der Waals surface area (Å²) < 4.78 is 5.17. The van der Waals surface area contributed by atoms with Crippen molar-refractivity contribution in [1.29, 1.82) is 0 Å². The predicted molar refractivity (Wildman–Crippen MR) is 114 cm³/mol. The number of pyridine rings is 1. The number of carbonyl (C=O) groups is 2. The van der Waals surface area contributed by atoms with Crippen molar-refractivity contribution in [3.63, 3.8) is 0 Å². The lowest BCUT2D eigenvalue weighted by atomic mass is 10.1.